The zero-order valence-corrected chi connectivity index (χ0v) is 14.0. The molecule has 0 spiro atoms. The fourth-order valence-electron chi connectivity index (χ4n) is 3.17. The van der Waals surface area contributed by atoms with Crippen LogP contribution < -0.4 is 4.74 Å². The number of ether oxygens (including phenoxy) is 1. The Morgan fingerprint density at radius 1 is 1.12 bits per heavy atom. The number of rotatable bonds is 5. The molecular formula is C21H22N2O. The molecule has 0 aliphatic heterocycles. The Hall–Kier alpha value is -2.55. The van der Waals surface area contributed by atoms with Gasteiger partial charge in [-0.15, -0.1) is 0 Å². The lowest BCUT2D eigenvalue weighted by molar-refractivity contribution is 0.305. The lowest BCUT2D eigenvalue weighted by Crippen LogP contribution is -2.08. The molecule has 4 rings (SSSR count). The standard InChI is InChI=1S/C21H22N2O/c1-16-22-12-13-23(16)20-10-8-17(9-11-20)15-24-21-7-3-6-19(14-21)18-4-2-5-18/h3,6-14,18H,2,4-5,15H2,1H3. The first kappa shape index (κ1) is 15.0. The summed E-state index contributed by atoms with van der Waals surface area (Å²) in [4.78, 5) is 4.26. The topological polar surface area (TPSA) is 27.1 Å². The molecule has 3 heteroatoms. The van der Waals surface area contributed by atoms with Crippen LogP contribution >= 0.6 is 0 Å². The van der Waals surface area contributed by atoms with Gasteiger partial charge in [-0.1, -0.05) is 30.7 Å². The molecule has 3 nitrogen and oxygen atoms in total. The largest absolute Gasteiger partial charge is 0.489 e. The van der Waals surface area contributed by atoms with Crippen molar-refractivity contribution in [2.45, 2.75) is 38.7 Å². The summed E-state index contributed by atoms with van der Waals surface area (Å²) in [5, 5.41) is 0. The molecule has 2 aromatic carbocycles. The zero-order chi connectivity index (χ0) is 16.4. The van der Waals surface area contributed by atoms with Gasteiger partial charge in [0.2, 0.25) is 0 Å². The van der Waals surface area contributed by atoms with E-state index in [4.69, 9.17) is 4.74 Å². The Kier molecular flexibility index (Phi) is 4.08. The van der Waals surface area contributed by atoms with E-state index < -0.39 is 0 Å². The van der Waals surface area contributed by atoms with Crippen LogP contribution in [0.3, 0.4) is 0 Å². The van der Waals surface area contributed by atoms with E-state index in [0.717, 1.165) is 23.2 Å². The zero-order valence-electron chi connectivity index (χ0n) is 14.0. The van der Waals surface area contributed by atoms with Gasteiger partial charge in [-0.2, -0.15) is 0 Å². The van der Waals surface area contributed by atoms with Crippen LogP contribution in [0.5, 0.6) is 5.75 Å². The maximum atomic E-state index is 5.99. The number of nitrogens with zero attached hydrogens (tertiary/aromatic N) is 2. The van der Waals surface area contributed by atoms with E-state index in [1.807, 2.05) is 25.4 Å². The Bertz CT molecular complexity index is 816. The maximum absolute atomic E-state index is 5.99. The quantitative estimate of drug-likeness (QED) is 0.660. The van der Waals surface area contributed by atoms with Gasteiger partial charge in [0.15, 0.2) is 0 Å². The predicted octanol–water partition coefficient (Wildman–Crippen LogP) is 5.03. The lowest BCUT2D eigenvalue weighted by Gasteiger charge is -2.26. The van der Waals surface area contributed by atoms with Crippen molar-refractivity contribution in [1.82, 2.24) is 9.55 Å². The van der Waals surface area contributed by atoms with Crippen LogP contribution in [0.4, 0.5) is 0 Å². The van der Waals surface area contributed by atoms with Crippen LogP contribution in [-0.4, -0.2) is 9.55 Å². The van der Waals surface area contributed by atoms with Crippen LogP contribution in [0.15, 0.2) is 60.9 Å². The first-order valence-corrected chi connectivity index (χ1v) is 8.61. The molecule has 24 heavy (non-hydrogen) atoms. The molecule has 0 N–H and O–H groups in total. The van der Waals surface area contributed by atoms with E-state index in [1.54, 1.807) is 0 Å². The van der Waals surface area contributed by atoms with Gasteiger partial charge in [-0.05, 0) is 61.1 Å². The normalized spacial score (nSPS) is 14.4. The Labute approximate surface area is 142 Å². The molecule has 1 saturated carbocycles. The fraction of sp³-hybridized carbons (Fsp3) is 0.286. The van der Waals surface area contributed by atoms with Crippen LogP contribution in [0, 0.1) is 6.92 Å². The SMILES string of the molecule is Cc1nccn1-c1ccc(COc2cccc(C3CCC3)c2)cc1. The highest BCUT2D eigenvalue weighted by atomic mass is 16.5. The third-order valence-corrected chi connectivity index (χ3v) is 4.88. The van der Waals surface area contributed by atoms with Gasteiger partial charge < -0.3 is 9.30 Å². The second kappa shape index (κ2) is 6.52. The van der Waals surface area contributed by atoms with Crippen molar-refractivity contribution in [1.29, 1.82) is 0 Å². The average molecular weight is 318 g/mol. The van der Waals surface area contributed by atoms with E-state index in [2.05, 4.69) is 52.0 Å². The van der Waals surface area contributed by atoms with Crippen LogP contribution in [0.2, 0.25) is 0 Å². The Balaban J connectivity index is 1.42. The van der Waals surface area contributed by atoms with Crippen molar-refractivity contribution in [3.05, 3.63) is 77.9 Å². The van der Waals surface area contributed by atoms with Gasteiger partial charge in [-0.3, -0.25) is 0 Å². The van der Waals surface area contributed by atoms with Crippen molar-refractivity contribution >= 4 is 0 Å². The minimum atomic E-state index is 0.595. The summed E-state index contributed by atoms with van der Waals surface area (Å²) in [6.07, 6.45) is 7.80. The Morgan fingerprint density at radius 2 is 1.96 bits per heavy atom. The number of aryl methyl sites for hydroxylation is 1. The van der Waals surface area contributed by atoms with E-state index in [1.165, 1.54) is 30.4 Å². The van der Waals surface area contributed by atoms with Gasteiger partial charge in [0.1, 0.15) is 18.2 Å². The first-order chi connectivity index (χ1) is 11.8. The second-order valence-electron chi connectivity index (χ2n) is 6.50. The number of aromatic nitrogens is 2. The molecule has 1 fully saturated rings. The van der Waals surface area contributed by atoms with Gasteiger partial charge in [0, 0.05) is 18.1 Å². The lowest BCUT2D eigenvalue weighted by atomic mass is 9.80. The summed E-state index contributed by atoms with van der Waals surface area (Å²) >= 11 is 0. The summed E-state index contributed by atoms with van der Waals surface area (Å²) in [6.45, 7) is 2.60. The van der Waals surface area contributed by atoms with Gasteiger partial charge in [0.25, 0.3) is 0 Å². The van der Waals surface area contributed by atoms with Gasteiger partial charge in [-0.25, -0.2) is 4.98 Å². The molecular weight excluding hydrogens is 296 g/mol. The monoisotopic (exact) mass is 318 g/mol. The number of hydrogen-bond donors (Lipinski definition) is 0. The summed E-state index contributed by atoms with van der Waals surface area (Å²) in [7, 11) is 0. The van der Waals surface area contributed by atoms with Crippen LogP contribution in [0.25, 0.3) is 5.69 Å². The van der Waals surface area contributed by atoms with Gasteiger partial charge >= 0.3 is 0 Å². The molecule has 1 heterocycles. The van der Waals surface area contributed by atoms with E-state index in [-0.39, 0.29) is 0 Å². The maximum Gasteiger partial charge on any atom is 0.120 e. The van der Waals surface area contributed by atoms with Crippen molar-refractivity contribution in [3.63, 3.8) is 0 Å². The second-order valence-corrected chi connectivity index (χ2v) is 6.50. The molecule has 0 unspecified atom stereocenters. The Morgan fingerprint density at radius 3 is 2.62 bits per heavy atom. The number of hydrogen-bond acceptors (Lipinski definition) is 2. The van der Waals surface area contributed by atoms with E-state index in [0.29, 0.717) is 6.61 Å². The van der Waals surface area contributed by atoms with E-state index >= 15 is 0 Å². The molecule has 0 amide bonds. The molecule has 3 aromatic rings. The summed E-state index contributed by atoms with van der Waals surface area (Å²) in [5.74, 6) is 2.70. The van der Waals surface area contributed by atoms with E-state index in [9.17, 15) is 0 Å². The van der Waals surface area contributed by atoms with Crippen LogP contribution in [0.1, 0.15) is 42.1 Å². The predicted molar refractivity (Wildman–Crippen MR) is 95.7 cm³/mol. The minimum Gasteiger partial charge on any atom is -0.489 e. The summed E-state index contributed by atoms with van der Waals surface area (Å²) in [6, 6.07) is 17.0. The highest BCUT2D eigenvalue weighted by molar-refractivity contribution is 5.36. The molecule has 122 valence electrons. The smallest absolute Gasteiger partial charge is 0.120 e. The molecule has 0 bridgehead atoms. The first-order valence-electron chi connectivity index (χ1n) is 8.61. The average Bonchev–Trinajstić information content (AvgIpc) is 2.98. The molecule has 1 aliphatic rings. The van der Waals surface area contributed by atoms with Crippen LogP contribution in [-0.2, 0) is 6.61 Å². The highest BCUT2D eigenvalue weighted by Crippen LogP contribution is 2.37. The highest BCUT2D eigenvalue weighted by Gasteiger charge is 2.19. The summed E-state index contributed by atoms with van der Waals surface area (Å²) < 4.78 is 8.06. The summed E-state index contributed by atoms with van der Waals surface area (Å²) in [5.41, 5.74) is 3.72. The number of benzene rings is 2. The molecule has 1 aromatic heterocycles. The van der Waals surface area contributed by atoms with Crippen molar-refractivity contribution in [2.75, 3.05) is 0 Å². The fourth-order valence-corrected chi connectivity index (χ4v) is 3.17. The molecule has 1 aliphatic carbocycles. The molecule has 0 saturated heterocycles. The van der Waals surface area contributed by atoms with Crippen molar-refractivity contribution in [2.24, 2.45) is 0 Å². The van der Waals surface area contributed by atoms with Gasteiger partial charge in [0.05, 0.1) is 0 Å². The van der Waals surface area contributed by atoms with Crippen molar-refractivity contribution in [3.8, 4) is 11.4 Å². The third-order valence-electron chi connectivity index (χ3n) is 4.88. The molecule has 0 atom stereocenters. The number of imidazole rings is 1. The molecule has 0 radical (unpaired) electrons. The van der Waals surface area contributed by atoms with Crippen molar-refractivity contribution < 1.29 is 4.74 Å². The minimum absolute atomic E-state index is 0.595. The third kappa shape index (κ3) is 3.07.